The minimum Gasteiger partial charge on any atom is -0.334 e. The summed E-state index contributed by atoms with van der Waals surface area (Å²) >= 11 is 0. The van der Waals surface area contributed by atoms with Crippen molar-refractivity contribution < 1.29 is 4.79 Å². The zero-order valence-electron chi connectivity index (χ0n) is 16.3. The highest BCUT2D eigenvalue weighted by Crippen LogP contribution is 2.38. The molecule has 0 spiro atoms. The number of carbonyl (C=O) groups is 1. The first-order valence-corrected chi connectivity index (χ1v) is 10.3. The van der Waals surface area contributed by atoms with Gasteiger partial charge >= 0.3 is 6.03 Å². The van der Waals surface area contributed by atoms with Gasteiger partial charge in [-0.05, 0) is 37.3 Å². The number of aromatic amines is 1. The van der Waals surface area contributed by atoms with Crippen LogP contribution in [0.15, 0.2) is 43.0 Å². The molecular formula is C21H25N7O. The lowest BCUT2D eigenvalue weighted by atomic mass is 9.97. The van der Waals surface area contributed by atoms with E-state index in [2.05, 4.69) is 25.5 Å². The molecule has 2 amide bonds. The number of urea groups is 1. The minimum absolute atomic E-state index is 0.0342. The fraction of sp³-hybridized carbons (Fsp3) is 0.429. The van der Waals surface area contributed by atoms with Crippen molar-refractivity contribution >= 4 is 6.03 Å². The van der Waals surface area contributed by atoms with Gasteiger partial charge in [-0.15, -0.1) is 0 Å². The van der Waals surface area contributed by atoms with Gasteiger partial charge in [0.1, 0.15) is 5.82 Å². The number of rotatable bonds is 5. The lowest BCUT2D eigenvalue weighted by molar-refractivity contribution is 0.178. The van der Waals surface area contributed by atoms with E-state index in [0.717, 1.165) is 42.3 Å². The Morgan fingerprint density at radius 1 is 1.21 bits per heavy atom. The summed E-state index contributed by atoms with van der Waals surface area (Å²) in [6.07, 6.45) is 9.82. The molecule has 8 nitrogen and oxygen atoms in total. The molecule has 2 N–H and O–H groups in total. The van der Waals surface area contributed by atoms with E-state index in [1.807, 2.05) is 39.9 Å². The smallest absolute Gasteiger partial charge is 0.317 e. The van der Waals surface area contributed by atoms with Gasteiger partial charge in [0, 0.05) is 43.9 Å². The van der Waals surface area contributed by atoms with Gasteiger partial charge in [-0.2, -0.15) is 5.10 Å². The quantitative estimate of drug-likeness (QED) is 0.699. The summed E-state index contributed by atoms with van der Waals surface area (Å²) in [6.45, 7) is 1.91. The number of nitrogens with zero attached hydrogens (tertiary/aromatic N) is 5. The molecule has 3 aromatic rings. The molecule has 8 heteroatoms. The van der Waals surface area contributed by atoms with Crippen LogP contribution < -0.4 is 5.32 Å². The van der Waals surface area contributed by atoms with Gasteiger partial charge in [-0.3, -0.25) is 5.10 Å². The molecule has 1 aromatic carbocycles. The number of para-hydroxylation sites is 1. The van der Waals surface area contributed by atoms with Crippen molar-refractivity contribution in [3.8, 4) is 5.69 Å². The summed E-state index contributed by atoms with van der Waals surface area (Å²) in [5, 5.41) is 10.6. The normalized spacial score (nSPS) is 19.3. The maximum Gasteiger partial charge on any atom is 0.317 e. The summed E-state index contributed by atoms with van der Waals surface area (Å²) in [5.41, 5.74) is 2.07. The Morgan fingerprint density at radius 3 is 2.93 bits per heavy atom. The zero-order chi connectivity index (χ0) is 19.6. The fourth-order valence-corrected chi connectivity index (χ4v) is 3.98. The molecule has 150 valence electrons. The van der Waals surface area contributed by atoms with E-state index in [9.17, 15) is 4.79 Å². The van der Waals surface area contributed by atoms with Crippen molar-refractivity contribution in [3.63, 3.8) is 0 Å². The van der Waals surface area contributed by atoms with Crippen LogP contribution in [-0.4, -0.2) is 48.8 Å². The average Bonchev–Trinajstić information content (AvgIpc) is 3.26. The van der Waals surface area contributed by atoms with E-state index in [1.54, 1.807) is 12.5 Å². The SMILES string of the molecule is O=C(NCc1ccccc1-n1ccnc1)N1CCCC(c2n[nH]c(C3CC3)n2)C1. The van der Waals surface area contributed by atoms with Crippen LogP contribution in [-0.2, 0) is 6.54 Å². The molecule has 0 radical (unpaired) electrons. The van der Waals surface area contributed by atoms with E-state index >= 15 is 0 Å². The number of piperidine rings is 1. The number of aromatic nitrogens is 5. The maximum atomic E-state index is 12.8. The highest BCUT2D eigenvalue weighted by atomic mass is 16.2. The molecule has 1 saturated heterocycles. The standard InChI is InChI=1S/C21H25N7O/c29-21(23-12-16-4-1-2-6-18(16)28-11-9-22-14-28)27-10-3-5-17(13-27)20-24-19(25-26-20)15-7-8-15/h1-2,4,6,9,11,14-15,17H,3,5,7-8,10,12-13H2,(H,23,29)(H,24,25,26). The Balaban J connectivity index is 1.22. The van der Waals surface area contributed by atoms with Gasteiger partial charge in [0.2, 0.25) is 0 Å². The van der Waals surface area contributed by atoms with Crippen molar-refractivity contribution in [2.45, 2.75) is 44.1 Å². The number of carbonyl (C=O) groups excluding carboxylic acids is 1. The lowest BCUT2D eigenvalue weighted by Crippen LogP contribution is -2.45. The van der Waals surface area contributed by atoms with Gasteiger partial charge in [0.25, 0.3) is 0 Å². The molecule has 2 aliphatic rings. The molecule has 1 unspecified atom stereocenters. The number of nitrogens with one attached hydrogen (secondary N) is 2. The molecule has 3 heterocycles. The van der Waals surface area contributed by atoms with Gasteiger partial charge in [0.15, 0.2) is 5.82 Å². The largest absolute Gasteiger partial charge is 0.334 e. The number of H-pyrrole nitrogens is 1. The van der Waals surface area contributed by atoms with Crippen molar-refractivity contribution in [3.05, 3.63) is 60.2 Å². The minimum atomic E-state index is -0.0342. The molecule has 2 fully saturated rings. The van der Waals surface area contributed by atoms with Gasteiger partial charge in [0.05, 0.1) is 12.0 Å². The van der Waals surface area contributed by atoms with Crippen LogP contribution in [0, 0.1) is 0 Å². The van der Waals surface area contributed by atoms with Gasteiger partial charge in [-0.25, -0.2) is 14.8 Å². The average molecular weight is 391 g/mol. The summed E-state index contributed by atoms with van der Waals surface area (Å²) in [5.74, 6) is 2.64. The third-order valence-corrected chi connectivity index (χ3v) is 5.76. The summed E-state index contributed by atoms with van der Waals surface area (Å²) in [6, 6.07) is 8.00. The van der Waals surface area contributed by atoms with Crippen LogP contribution in [0.2, 0.25) is 0 Å². The number of benzene rings is 1. The molecule has 29 heavy (non-hydrogen) atoms. The predicted molar refractivity (Wildman–Crippen MR) is 108 cm³/mol. The molecule has 2 aromatic heterocycles. The topological polar surface area (TPSA) is 91.7 Å². The zero-order valence-corrected chi connectivity index (χ0v) is 16.3. The molecule has 0 bridgehead atoms. The first-order valence-electron chi connectivity index (χ1n) is 10.3. The second-order valence-electron chi connectivity index (χ2n) is 7.90. The van der Waals surface area contributed by atoms with Crippen molar-refractivity contribution in [1.29, 1.82) is 0 Å². The van der Waals surface area contributed by atoms with E-state index < -0.39 is 0 Å². The van der Waals surface area contributed by atoms with Crippen molar-refractivity contribution in [1.82, 2.24) is 34.9 Å². The van der Waals surface area contributed by atoms with Gasteiger partial charge < -0.3 is 14.8 Å². The summed E-state index contributed by atoms with van der Waals surface area (Å²) < 4.78 is 1.96. The van der Waals surface area contributed by atoms with E-state index in [-0.39, 0.29) is 11.9 Å². The third kappa shape index (κ3) is 3.87. The highest BCUT2D eigenvalue weighted by Gasteiger charge is 2.31. The fourth-order valence-electron chi connectivity index (χ4n) is 3.98. The Bertz CT molecular complexity index is 977. The third-order valence-electron chi connectivity index (χ3n) is 5.76. The van der Waals surface area contributed by atoms with E-state index in [1.165, 1.54) is 12.8 Å². The predicted octanol–water partition coefficient (Wildman–Crippen LogP) is 2.96. The Kier molecular flexibility index (Phi) is 4.75. The summed E-state index contributed by atoms with van der Waals surface area (Å²) in [7, 11) is 0. The van der Waals surface area contributed by atoms with Crippen LogP contribution in [0.4, 0.5) is 4.79 Å². The van der Waals surface area contributed by atoms with Gasteiger partial charge in [-0.1, -0.05) is 18.2 Å². The van der Waals surface area contributed by atoms with Crippen molar-refractivity contribution in [2.75, 3.05) is 13.1 Å². The van der Waals surface area contributed by atoms with Crippen LogP contribution >= 0.6 is 0 Å². The monoisotopic (exact) mass is 391 g/mol. The molecule has 1 aliphatic carbocycles. The summed E-state index contributed by atoms with van der Waals surface area (Å²) in [4.78, 5) is 23.5. The van der Waals surface area contributed by atoms with Crippen LogP contribution in [0.5, 0.6) is 0 Å². The maximum absolute atomic E-state index is 12.8. The van der Waals surface area contributed by atoms with E-state index in [4.69, 9.17) is 0 Å². The number of imidazole rings is 1. The second-order valence-corrected chi connectivity index (χ2v) is 7.90. The van der Waals surface area contributed by atoms with Crippen LogP contribution in [0.25, 0.3) is 5.69 Å². The van der Waals surface area contributed by atoms with Crippen molar-refractivity contribution in [2.24, 2.45) is 0 Å². The number of likely N-dealkylation sites (tertiary alicyclic amines) is 1. The highest BCUT2D eigenvalue weighted by molar-refractivity contribution is 5.74. The number of hydrogen-bond acceptors (Lipinski definition) is 4. The second kappa shape index (κ2) is 7.69. The molecule has 1 saturated carbocycles. The first-order chi connectivity index (χ1) is 14.3. The lowest BCUT2D eigenvalue weighted by Gasteiger charge is -2.31. The number of hydrogen-bond donors (Lipinski definition) is 2. The first kappa shape index (κ1) is 17.9. The molecule has 1 atom stereocenters. The Hall–Kier alpha value is -3.16. The molecule has 1 aliphatic heterocycles. The van der Waals surface area contributed by atoms with Crippen LogP contribution in [0.1, 0.15) is 54.7 Å². The van der Waals surface area contributed by atoms with Crippen LogP contribution in [0.3, 0.4) is 0 Å². The van der Waals surface area contributed by atoms with E-state index in [0.29, 0.717) is 19.0 Å². The number of amides is 2. The Labute approximate surface area is 169 Å². The molecule has 5 rings (SSSR count). The molecular weight excluding hydrogens is 366 g/mol. The Morgan fingerprint density at radius 2 is 2.10 bits per heavy atom.